The highest BCUT2D eigenvalue weighted by Crippen LogP contribution is 2.10. The van der Waals surface area contributed by atoms with Gasteiger partial charge in [0.2, 0.25) is 5.95 Å². The Bertz CT molecular complexity index is 504. The summed E-state index contributed by atoms with van der Waals surface area (Å²) in [7, 11) is 0. The van der Waals surface area contributed by atoms with Crippen LogP contribution in [0.3, 0.4) is 0 Å². The molecule has 0 aliphatic rings. The lowest BCUT2D eigenvalue weighted by atomic mass is 10.2. The van der Waals surface area contributed by atoms with Crippen molar-refractivity contribution in [3.05, 3.63) is 41.3 Å². The number of hydrogen-bond donors (Lipinski definition) is 2. The van der Waals surface area contributed by atoms with Gasteiger partial charge >= 0.3 is 0 Å². The van der Waals surface area contributed by atoms with E-state index in [-0.39, 0.29) is 5.95 Å². The summed E-state index contributed by atoms with van der Waals surface area (Å²) in [6, 6.07) is 5.81. The monoisotopic (exact) mass is 229 g/mol. The van der Waals surface area contributed by atoms with Gasteiger partial charge in [-0.3, -0.25) is 4.98 Å². The molecule has 3 N–H and O–H groups in total. The number of aromatic nitrogens is 3. The highest BCUT2D eigenvalue weighted by molar-refractivity contribution is 5.40. The topological polar surface area (TPSA) is 76.7 Å². The summed E-state index contributed by atoms with van der Waals surface area (Å²) >= 11 is 0. The first-order valence-electron chi connectivity index (χ1n) is 5.40. The van der Waals surface area contributed by atoms with Crippen molar-refractivity contribution in [2.24, 2.45) is 0 Å². The van der Waals surface area contributed by atoms with E-state index in [4.69, 9.17) is 5.73 Å². The van der Waals surface area contributed by atoms with E-state index >= 15 is 0 Å². The second-order valence-corrected chi connectivity index (χ2v) is 3.87. The molecule has 88 valence electrons. The van der Waals surface area contributed by atoms with Gasteiger partial charge < -0.3 is 11.1 Å². The molecule has 0 aliphatic heterocycles. The van der Waals surface area contributed by atoms with E-state index in [0.717, 1.165) is 22.8 Å². The van der Waals surface area contributed by atoms with E-state index in [2.05, 4.69) is 20.3 Å². The highest BCUT2D eigenvalue weighted by atomic mass is 15.1. The predicted molar refractivity (Wildman–Crippen MR) is 67.5 cm³/mol. The van der Waals surface area contributed by atoms with Crippen LogP contribution in [0.4, 0.5) is 11.8 Å². The quantitative estimate of drug-likeness (QED) is 0.837. The van der Waals surface area contributed by atoms with Gasteiger partial charge in [-0.15, -0.1) is 0 Å². The maximum absolute atomic E-state index is 5.58. The lowest BCUT2D eigenvalue weighted by molar-refractivity contribution is 0.996. The van der Waals surface area contributed by atoms with Crippen molar-refractivity contribution in [1.82, 2.24) is 15.0 Å². The Morgan fingerprint density at radius 3 is 2.82 bits per heavy atom. The van der Waals surface area contributed by atoms with Gasteiger partial charge in [0.1, 0.15) is 5.82 Å². The molecule has 0 aliphatic carbocycles. The fraction of sp³-hybridized carbons (Fsp3) is 0.250. The number of nitrogen functional groups attached to an aromatic ring is 1. The second kappa shape index (κ2) is 4.78. The van der Waals surface area contributed by atoms with Crippen LogP contribution >= 0.6 is 0 Å². The van der Waals surface area contributed by atoms with E-state index in [0.29, 0.717) is 6.54 Å². The molecule has 0 saturated carbocycles. The lowest BCUT2D eigenvalue weighted by Gasteiger charge is -2.08. The Morgan fingerprint density at radius 2 is 2.12 bits per heavy atom. The van der Waals surface area contributed by atoms with Crippen LogP contribution in [-0.2, 0) is 6.54 Å². The highest BCUT2D eigenvalue weighted by Gasteiger charge is 2.01. The Balaban J connectivity index is 2.10. The lowest BCUT2D eigenvalue weighted by Crippen LogP contribution is -2.07. The smallest absolute Gasteiger partial charge is 0.222 e. The Hall–Kier alpha value is -2.17. The van der Waals surface area contributed by atoms with Crippen LogP contribution in [0.5, 0.6) is 0 Å². The summed E-state index contributed by atoms with van der Waals surface area (Å²) in [6.07, 6.45) is 1.78. The number of rotatable bonds is 3. The zero-order chi connectivity index (χ0) is 12.3. The number of aryl methyl sites for hydroxylation is 2. The third-order valence-corrected chi connectivity index (χ3v) is 2.43. The fourth-order valence-electron chi connectivity index (χ4n) is 1.56. The van der Waals surface area contributed by atoms with Crippen LogP contribution in [0.2, 0.25) is 0 Å². The fourth-order valence-corrected chi connectivity index (χ4v) is 1.56. The Labute approximate surface area is 100 Å². The minimum absolute atomic E-state index is 0.283. The first-order chi connectivity index (χ1) is 8.15. The third-order valence-electron chi connectivity index (χ3n) is 2.43. The van der Waals surface area contributed by atoms with Gasteiger partial charge in [-0.05, 0) is 25.5 Å². The van der Waals surface area contributed by atoms with Gasteiger partial charge in [0.15, 0.2) is 0 Å². The molecule has 2 rings (SSSR count). The van der Waals surface area contributed by atoms with E-state index in [1.54, 1.807) is 6.20 Å². The summed E-state index contributed by atoms with van der Waals surface area (Å²) in [6.45, 7) is 4.54. The van der Waals surface area contributed by atoms with Crippen molar-refractivity contribution < 1.29 is 0 Å². The number of nitrogens with two attached hydrogens (primary N) is 1. The number of nitrogens with zero attached hydrogens (tertiary/aromatic N) is 3. The maximum Gasteiger partial charge on any atom is 0.222 e. The molecular formula is C12H15N5. The zero-order valence-electron chi connectivity index (χ0n) is 9.94. The van der Waals surface area contributed by atoms with Gasteiger partial charge in [0.05, 0.1) is 12.2 Å². The molecular weight excluding hydrogens is 214 g/mol. The summed E-state index contributed by atoms with van der Waals surface area (Å²) < 4.78 is 0. The van der Waals surface area contributed by atoms with Crippen molar-refractivity contribution in [2.75, 3.05) is 11.1 Å². The molecule has 0 fully saturated rings. The molecule has 0 aromatic carbocycles. The molecule has 2 heterocycles. The molecule has 0 bridgehead atoms. The van der Waals surface area contributed by atoms with Crippen molar-refractivity contribution in [3.63, 3.8) is 0 Å². The van der Waals surface area contributed by atoms with E-state index in [9.17, 15) is 0 Å². The first-order valence-corrected chi connectivity index (χ1v) is 5.40. The Morgan fingerprint density at radius 1 is 1.29 bits per heavy atom. The largest absolute Gasteiger partial charge is 0.368 e. The van der Waals surface area contributed by atoms with Crippen molar-refractivity contribution in [1.29, 1.82) is 0 Å². The van der Waals surface area contributed by atoms with Gasteiger partial charge in [0.25, 0.3) is 0 Å². The average Bonchev–Trinajstić information content (AvgIpc) is 2.27. The van der Waals surface area contributed by atoms with Gasteiger partial charge in [0, 0.05) is 18.0 Å². The second-order valence-electron chi connectivity index (χ2n) is 3.87. The molecule has 5 heteroatoms. The van der Waals surface area contributed by atoms with Crippen LogP contribution in [0, 0.1) is 13.8 Å². The summed E-state index contributed by atoms with van der Waals surface area (Å²) in [4.78, 5) is 12.4. The van der Waals surface area contributed by atoms with Crippen LogP contribution in [0.1, 0.15) is 17.0 Å². The first kappa shape index (κ1) is 11.3. The predicted octanol–water partition coefficient (Wildman–Crippen LogP) is 1.68. The van der Waals surface area contributed by atoms with Crippen LogP contribution < -0.4 is 11.1 Å². The molecule has 0 spiro atoms. The van der Waals surface area contributed by atoms with Gasteiger partial charge in [-0.1, -0.05) is 6.07 Å². The molecule has 2 aromatic rings. The normalized spacial score (nSPS) is 10.2. The number of anilines is 2. The van der Waals surface area contributed by atoms with Gasteiger partial charge in [-0.25, -0.2) is 4.98 Å². The average molecular weight is 229 g/mol. The van der Waals surface area contributed by atoms with E-state index in [1.807, 2.05) is 32.0 Å². The standard InChI is InChI=1S/C12H15N5/c1-8-4-3-5-14-10(8)7-15-11-6-9(2)16-12(13)17-11/h3-6H,7H2,1-2H3,(H3,13,15,16,17). The Kier molecular flexibility index (Phi) is 3.18. The molecule has 0 saturated heterocycles. The van der Waals surface area contributed by atoms with Crippen molar-refractivity contribution in [3.8, 4) is 0 Å². The van der Waals surface area contributed by atoms with Crippen LogP contribution in [-0.4, -0.2) is 15.0 Å². The third kappa shape index (κ3) is 2.90. The van der Waals surface area contributed by atoms with Crippen LogP contribution in [0.25, 0.3) is 0 Å². The van der Waals surface area contributed by atoms with Gasteiger partial charge in [-0.2, -0.15) is 4.98 Å². The minimum atomic E-state index is 0.283. The molecule has 0 atom stereocenters. The van der Waals surface area contributed by atoms with E-state index in [1.165, 1.54) is 0 Å². The summed E-state index contributed by atoms with van der Waals surface area (Å²) in [5.41, 5.74) is 8.58. The molecule has 5 nitrogen and oxygen atoms in total. The summed E-state index contributed by atoms with van der Waals surface area (Å²) in [5, 5.41) is 3.19. The molecule has 17 heavy (non-hydrogen) atoms. The molecule has 2 aromatic heterocycles. The van der Waals surface area contributed by atoms with Crippen molar-refractivity contribution in [2.45, 2.75) is 20.4 Å². The summed E-state index contributed by atoms with van der Waals surface area (Å²) in [5.74, 6) is 1.00. The zero-order valence-corrected chi connectivity index (χ0v) is 9.94. The molecule has 0 unspecified atom stereocenters. The van der Waals surface area contributed by atoms with E-state index < -0.39 is 0 Å². The molecule has 0 radical (unpaired) electrons. The van der Waals surface area contributed by atoms with Crippen LogP contribution in [0.15, 0.2) is 24.4 Å². The molecule has 0 amide bonds. The maximum atomic E-state index is 5.58. The number of nitrogens with one attached hydrogen (secondary N) is 1. The SMILES string of the molecule is Cc1cc(NCc2ncccc2C)nc(N)n1. The number of pyridine rings is 1. The minimum Gasteiger partial charge on any atom is -0.368 e. The van der Waals surface area contributed by atoms with Crippen molar-refractivity contribution >= 4 is 11.8 Å². The number of hydrogen-bond acceptors (Lipinski definition) is 5.